The van der Waals surface area contributed by atoms with Crippen LogP contribution in [0.3, 0.4) is 0 Å². The molecule has 0 saturated heterocycles. The van der Waals surface area contributed by atoms with Crippen molar-refractivity contribution in [1.29, 1.82) is 0 Å². The molecule has 0 fully saturated rings. The van der Waals surface area contributed by atoms with E-state index in [4.69, 9.17) is 19.5 Å². The van der Waals surface area contributed by atoms with Crippen molar-refractivity contribution in [2.45, 2.75) is 0 Å². The monoisotopic (exact) mass is 260 g/mol. The summed E-state index contributed by atoms with van der Waals surface area (Å²) >= 11 is 3.24. The lowest BCUT2D eigenvalue weighted by molar-refractivity contribution is 0.389. The lowest BCUT2D eigenvalue weighted by Crippen LogP contribution is -2.31. The Morgan fingerprint density at radius 1 is 1.14 bits per heavy atom. The summed E-state index contributed by atoms with van der Waals surface area (Å²) < 4.78 is 10.7. The predicted molar refractivity (Wildman–Crippen MR) is 57.1 cm³/mol. The summed E-state index contributed by atoms with van der Waals surface area (Å²) in [5.41, 5.74) is 0.292. The Kier molecular flexibility index (Phi) is 3.80. The van der Waals surface area contributed by atoms with Crippen LogP contribution in [0.2, 0.25) is 0 Å². The standard InChI is InChI=1S/C8H10BBrO4/c1-13-7-4-8(14-2)6(10)3-5(7)9(11)12/h3-4,11-12H,1-2H3. The average molecular weight is 261 g/mol. The first kappa shape index (κ1) is 11.4. The van der Waals surface area contributed by atoms with Crippen LogP contribution in [-0.4, -0.2) is 31.4 Å². The van der Waals surface area contributed by atoms with Gasteiger partial charge in [-0.2, -0.15) is 0 Å². The molecule has 1 aromatic rings. The van der Waals surface area contributed by atoms with Crippen molar-refractivity contribution in [2.24, 2.45) is 0 Å². The number of methoxy groups -OCH3 is 2. The molecular weight excluding hydrogens is 251 g/mol. The second-order valence-electron chi connectivity index (χ2n) is 2.60. The maximum Gasteiger partial charge on any atom is 0.492 e. The lowest BCUT2D eigenvalue weighted by Gasteiger charge is -2.11. The van der Waals surface area contributed by atoms with Crippen LogP contribution in [0.15, 0.2) is 16.6 Å². The highest BCUT2D eigenvalue weighted by Gasteiger charge is 2.19. The number of hydrogen-bond acceptors (Lipinski definition) is 4. The minimum atomic E-state index is -1.56. The molecule has 4 nitrogen and oxygen atoms in total. The summed E-state index contributed by atoms with van der Waals surface area (Å²) in [6.07, 6.45) is 0. The largest absolute Gasteiger partial charge is 0.497 e. The third kappa shape index (κ3) is 2.20. The lowest BCUT2D eigenvalue weighted by atomic mass is 9.79. The molecule has 14 heavy (non-hydrogen) atoms. The number of hydrogen-bond donors (Lipinski definition) is 2. The fraction of sp³-hybridized carbons (Fsp3) is 0.250. The highest BCUT2D eigenvalue weighted by molar-refractivity contribution is 9.10. The van der Waals surface area contributed by atoms with E-state index in [1.54, 1.807) is 12.1 Å². The van der Waals surface area contributed by atoms with Crippen LogP contribution in [0, 0.1) is 0 Å². The minimum absolute atomic E-state index is 0.292. The number of benzene rings is 1. The predicted octanol–water partition coefficient (Wildman–Crippen LogP) is 0.146. The Labute approximate surface area is 90.7 Å². The topological polar surface area (TPSA) is 58.9 Å². The molecule has 0 atom stereocenters. The highest BCUT2D eigenvalue weighted by atomic mass is 79.9. The summed E-state index contributed by atoms with van der Waals surface area (Å²) in [6, 6.07) is 3.13. The van der Waals surface area contributed by atoms with Gasteiger partial charge in [-0.15, -0.1) is 0 Å². The SMILES string of the molecule is COc1cc(OC)c(B(O)O)cc1Br. The zero-order valence-electron chi connectivity index (χ0n) is 7.82. The maximum atomic E-state index is 9.04. The summed E-state index contributed by atoms with van der Waals surface area (Å²) in [5.74, 6) is 0.950. The molecule has 1 rings (SSSR count). The van der Waals surface area contributed by atoms with Crippen molar-refractivity contribution >= 4 is 28.5 Å². The third-order valence-corrected chi connectivity index (χ3v) is 2.40. The summed E-state index contributed by atoms with van der Waals surface area (Å²) in [7, 11) is 1.41. The molecule has 0 aromatic heterocycles. The molecule has 0 spiro atoms. The Morgan fingerprint density at radius 2 is 1.71 bits per heavy atom. The second-order valence-corrected chi connectivity index (χ2v) is 3.46. The van der Waals surface area contributed by atoms with E-state index in [2.05, 4.69) is 15.9 Å². The first-order chi connectivity index (χ1) is 6.60. The van der Waals surface area contributed by atoms with Crippen LogP contribution >= 0.6 is 15.9 Å². The normalized spacial score (nSPS) is 9.79. The maximum absolute atomic E-state index is 9.04. The molecule has 0 unspecified atom stereocenters. The summed E-state index contributed by atoms with van der Waals surface area (Å²) in [5, 5.41) is 18.1. The number of ether oxygens (including phenoxy) is 2. The second kappa shape index (κ2) is 4.68. The van der Waals surface area contributed by atoms with Crippen molar-refractivity contribution in [3.63, 3.8) is 0 Å². The summed E-state index contributed by atoms with van der Waals surface area (Å²) in [6.45, 7) is 0. The van der Waals surface area contributed by atoms with Gasteiger partial charge in [0.05, 0.1) is 18.7 Å². The van der Waals surface area contributed by atoms with Gasteiger partial charge in [-0.1, -0.05) is 0 Å². The smallest absolute Gasteiger partial charge is 0.492 e. The zero-order valence-corrected chi connectivity index (χ0v) is 9.41. The van der Waals surface area contributed by atoms with Crippen molar-refractivity contribution in [2.75, 3.05) is 14.2 Å². The molecule has 1 aromatic carbocycles. The molecular formula is C8H10BBrO4. The molecule has 0 radical (unpaired) electrons. The van der Waals surface area contributed by atoms with Crippen LogP contribution in [0.5, 0.6) is 11.5 Å². The van der Waals surface area contributed by atoms with Gasteiger partial charge in [0.15, 0.2) is 0 Å². The van der Waals surface area contributed by atoms with Crippen molar-refractivity contribution in [3.8, 4) is 11.5 Å². The summed E-state index contributed by atoms with van der Waals surface area (Å²) in [4.78, 5) is 0. The van der Waals surface area contributed by atoms with E-state index in [0.717, 1.165) is 0 Å². The fourth-order valence-electron chi connectivity index (χ4n) is 1.09. The minimum Gasteiger partial charge on any atom is -0.497 e. The van der Waals surface area contributed by atoms with Gasteiger partial charge in [0.25, 0.3) is 0 Å². The first-order valence-corrected chi connectivity index (χ1v) is 4.67. The molecule has 76 valence electrons. The molecule has 0 saturated carbocycles. The van der Waals surface area contributed by atoms with E-state index in [1.807, 2.05) is 0 Å². The van der Waals surface area contributed by atoms with Crippen molar-refractivity contribution in [1.82, 2.24) is 0 Å². The van der Waals surface area contributed by atoms with Gasteiger partial charge in [-0.25, -0.2) is 0 Å². The van der Waals surface area contributed by atoms with Crippen LogP contribution in [0.1, 0.15) is 0 Å². The van der Waals surface area contributed by atoms with Gasteiger partial charge in [0.2, 0.25) is 0 Å². The molecule has 0 heterocycles. The van der Waals surface area contributed by atoms with Gasteiger partial charge in [-0.3, -0.25) is 0 Å². The van der Waals surface area contributed by atoms with E-state index in [-0.39, 0.29) is 0 Å². The van der Waals surface area contributed by atoms with Gasteiger partial charge in [0, 0.05) is 11.5 Å². The van der Waals surface area contributed by atoms with Crippen molar-refractivity contribution in [3.05, 3.63) is 16.6 Å². The van der Waals surface area contributed by atoms with Gasteiger partial charge in [0.1, 0.15) is 11.5 Å². The van der Waals surface area contributed by atoms with Crippen LogP contribution in [-0.2, 0) is 0 Å². The van der Waals surface area contributed by atoms with Crippen LogP contribution in [0.4, 0.5) is 0 Å². The highest BCUT2D eigenvalue weighted by Crippen LogP contribution is 2.27. The number of rotatable bonds is 3. The van der Waals surface area contributed by atoms with Gasteiger partial charge in [-0.05, 0) is 22.0 Å². The molecule has 0 bridgehead atoms. The fourth-order valence-corrected chi connectivity index (χ4v) is 1.61. The first-order valence-electron chi connectivity index (χ1n) is 3.87. The molecule has 6 heteroatoms. The molecule has 0 amide bonds. The molecule has 2 N–H and O–H groups in total. The van der Waals surface area contributed by atoms with E-state index >= 15 is 0 Å². The Balaban J connectivity index is 3.24. The van der Waals surface area contributed by atoms with Gasteiger partial charge >= 0.3 is 7.12 Å². The Morgan fingerprint density at radius 3 is 2.14 bits per heavy atom. The van der Waals surface area contributed by atoms with Crippen LogP contribution < -0.4 is 14.9 Å². The van der Waals surface area contributed by atoms with E-state index < -0.39 is 7.12 Å². The quantitative estimate of drug-likeness (QED) is 0.760. The molecule has 0 aliphatic heterocycles. The van der Waals surface area contributed by atoms with E-state index in [9.17, 15) is 0 Å². The van der Waals surface area contributed by atoms with E-state index in [1.165, 1.54) is 14.2 Å². The molecule has 0 aliphatic carbocycles. The average Bonchev–Trinajstić information content (AvgIpc) is 2.17. The van der Waals surface area contributed by atoms with Gasteiger partial charge < -0.3 is 19.5 Å². The van der Waals surface area contributed by atoms with Crippen molar-refractivity contribution < 1.29 is 19.5 Å². The Hall–Kier alpha value is -0.715. The Bertz CT molecular complexity index is 329. The third-order valence-electron chi connectivity index (χ3n) is 1.78. The number of halogens is 1. The molecule has 0 aliphatic rings. The van der Waals surface area contributed by atoms with Crippen LogP contribution in [0.25, 0.3) is 0 Å². The van der Waals surface area contributed by atoms with E-state index in [0.29, 0.717) is 21.4 Å². The zero-order chi connectivity index (χ0) is 10.7.